The number of carbonyl (C=O) groups is 1. The molecule has 0 unspecified atom stereocenters. The van der Waals surface area contributed by atoms with Gasteiger partial charge in [0, 0.05) is 18.6 Å². The number of aryl methyl sites for hydroxylation is 2. The van der Waals surface area contributed by atoms with Crippen LogP contribution in [0.5, 0.6) is 0 Å². The number of hydrogen-bond donors (Lipinski definition) is 1. The molecule has 3 aromatic rings. The summed E-state index contributed by atoms with van der Waals surface area (Å²) in [6, 6.07) is 5.24. The van der Waals surface area contributed by atoms with Crippen LogP contribution in [0.4, 0.5) is 5.69 Å². The highest BCUT2D eigenvalue weighted by Gasteiger charge is 2.17. The van der Waals surface area contributed by atoms with E-state index in [1.165, 1.54) is 16.3 Å². The lowest BCUT2D eigenvalue weighted by atomic mass is 10.1. The monoisotopic (exact) mass is 381 g/mol. The quantitative estimate of drug-likeness (QED) is 0.684. The van der Waals surface area contributed by atoms with Crippen LogP contribution in [-0.2, 0) is 6.54 Å². The highest BCUT2D eigenvalue weighted by Crippen LogP contribution is 2.22. The molecule has 7 nitrogen and oxygen atoms in total. The summed E-state index contributed by atoms with van der Waals surface area (Å²) in [5.41, 5.74) is 2.37. The average molecular weight is 381 g/mol. The van der Waals surface area contributed by atoms with Crippen LogP contribution in [0.3, 0.4) is 0 Å². The van der Waals surface area contributed by atoms with Crippen LogP contribution in [-0.4, -0.2) is 31.7 Å². The summed E-state index contributed by atoms with van der Waals surface area (Å²) in [6.45, 7) is 3.83. The molecule has 1 amide bonds. The maximum atomic E-state index is 12.9. The van der Waals surface area contributed by atoms with E-state index < -0.39 is 5.91 Å². The van der Waals surface area contributed by atoms with Gasteiger partial charge in [-0.05, 0) is 43.9 Å². The number of nitrogens with one attached hydrogen (secondary N) is 1. The highest BCUT2D eigenvalue weighted by molar-refractivity contribution is 7.98. The number of hydrogen-bond acceptors (Lipinski definition) is 6. The summed E-state index contributed by atoms with van der Waals surface area (Å²) in [5.74, 6) is -0.454. The Morgan fingerprint density at radius 3 is 2.70 bits per heavy atom. The first-order valence-corrected chi connectivity index (χ1v) is 9.50. The Labute approximate surface area is 160 Å². The Morgan fingerprint density at radius 1 is 1.19 bits per heavy atom. The van der Waals surface area contributed by atoms with Gasteiger partial charge in [0.2, 0.25) is 0 Å². The molecule has 0 saturated carbocycles. The zero-order valence-electron chi connectivity index (χ0n) is 15.3. The molecule has 3 aromatic heterocycles. The molecule has 0 radical (unpaired) electrons. The maximum absolute atomic E-state index is 12.9. The molecule has 0 aromatic carbocycles. The van der Waals surface area contributed by atoms with Crippen molar-refractivity contribution in [3.8, 4) is 0 Å². The van der Waals surface area contributed by atoms with Crippen molar-refractivity contribution in [1.82, 2.24) is 19.5 Å². The van der Waals surface area contributed by atoms with Gasteiger partial charge in [0.25, 0.3) is 11.5 Å². The van der Waals surface area contributed by atoms with Gasteiger partial charge in [0.1, 0.15) is 10.6 Å². The van der Waals surface area contributed by atoms with Crippen LogP contribution in [0.1, 0.15) is 27.3 Å². The molecule has 138 valence electrons. The summed E-state index contributed by atoms with van der Waals surface area (Å²) < 4.78 is 1.46. The number of pyridine rings is 2. The summed E-state index contributed by atoms with van der Waals surface area (Å²) in [4.78, 5) is 38.3. The van der Waals surface area contributed by atoms with Crippen molar-refractivity contribution in [2.45, 2.75) is 25.4 Å². The zero-order valence-corrected chi connectivity index (χ0v) is 16.1. The number of carbonyl (C=O) groups excluding carboxylic acids is 1. The van der Waals surface area contributed by atoms with Crippen LogP contribution in [0.2, 0.25) is 0 Å². The van der Waals surface area contributed by atoms with Crippen molar-refractivity contribution >= 4 is 23.4 Å². The van der Waals surface area contributed by atoms with Crippen molar-refractivity contribution in [1.29, 1.82) is 0 Å². The number of rotatable bonds is 5. The first-order valence-electron chi connectivity index (χ1n) is 8.27. The first kappa shape index (κ1) is 18.8. The van der Waals surface area contributed by atoms with Gasteiger partial charge in [-0.15, -0.1) is 11.8 Å². The normalized spacial score (nSPS) is 10.6. The second kappa shape index (κ2) is 8.13. The van der Waals surface area contributed by atoms with Gasteiger partial charge >= 0.3 is 0 Å². The second-order valence-corrected chi connectivity index (χ2v) is 6.77. The van der Waals surface area contributed by atoms with E-state index in [-0.39, 0.29) is 17.7 Å². The number of amides is 1. The Morgan fingerprint density at radius 2 is 2.00 bits per heavy atom. The number of nitrogens with zero attached hydrogens (tertiary/aromatic N) is 4. The minimum atomic E-state index is -0.454. The van der Waals surface area contributed by atoms with Crippen LogP contribution in [0.15, 0.2) is 52.8 Å². The highest BCUT2D eigenvalue weighted by atomic mass is 32.2. The van der Waals surface area contributed by atoms with Gasteiger partial charge in [-0.3, -0.25) is 19.6 Å². The summed E-state index contributed by atoms with van der Waals surface area (Å²) in [7, 11) is 0. The molecule has 8 heteroatoms. The van der Waals surface area contributed by atoms with E-state index in [9.17, 15) is 9.59 Å². The third-order valence-electron chi connectivity index (χ3n) is 3.98. The van der Waals surface area contributed by atoms with E-state index in [4.69, 9.17) is 0 Å². The van der Waals surface area contributed by atoms with Gasteiger partial charge in [-0.25, -0.2) is 4.98 Å². The number of thioether (sulfide) groups is 1. The molecule has 0 aliphatic heterocycles. The number of aromatic nitrogens is 4. The van der Waals surface area contributed by atoms with E-state index in [1.54, 1.807) is 49.9 Å². The minimum absolute atomic E-state index is 0.105. The fourth-order valence-corrected chi connectivity index (χ4v) is 3.08. The molecule has 0 aliphatic rings. The lowest BCUT2D eigenvalue weighted by Gasteiger charge is -2.12. The Balaban J connectivity index is 1.92. The molecule has 0 aliphatic carbocycles. The summed E-state index contributed by atoms with van der Waals surface area (Å²) in [5, 5.41) is 3.48. The first-order chi connectivity index (χ1) is 13.0. The molecule has 0 fully saturated rings. The molecule has 0 bridgehead atoms. The topological polar surface area (TPSA) is 89.8 Å². The van der Waals surface area contributed by atoms with Crippen molar-refractivity contribution in [3.05, 3.63) is 75.9 Å². The van der Waals surface area contributed by atoms with Crippen LogP contribution in [0, 0.1) is 13.8 Å². The van der Waals surface area contributed by atoms with E-state index in [1.807, 2.05) is 13.2 Å². The molecule has 0 saturated heterocycles. The third kappa shape index (κ3) is 4.22. The average Bonchev–Trinajstić information content (AvgIpc) is 2.66. The third-order valence-corrected chi connectivity index (χ3v) is 4.69. The predicted octanol–water partition coefficient (Wildman–Crippen LogP) is 2.67. The second-order valence-electron chi connectivity index (χ2n) is 5.97. The smallest absolute Gasteiger partial charge is 0.264 e. The molecule has 0 spiro atoms. The van der Waals surface area contributed by atoms with Gasteiger partial charge in [0.05, 0.1) is 29.8 Å². The maximum Gasteiger partial charge on any atom is 0.264 e. The molecule has 0 atom stereocenters. The molecular formula is C19H19N5O2S. The van der Waals surface area contributed by atoms with Crippen LogP contribution < -0.4 is 10.9 Å². The van der Waals surface area contributed by atoms with E-state index in [0.717, 1.165) is 5.69 Å². The van der Waals surface area contributed by atoms with Gasteiger partial charge in [-0.1, -0.05) is 0 Å². The molecule has 3 rings (SSSR count). The van der Waals surface area contributed by atoms with Crippen molar-refractivity contribution in [3.63, 3.8) is 0 Å². The fraction of sp³-hybridized carbons (Fsp3) is 0.211. The van der Waals surface area contributed by atoms with Crippen molar-refractivity contribution < 1.29 is 4.79 Å². The molecule has 27 heavy (non-hydrogen) atoms. The molecule has 3 heterocycles. The SMILES string of the molecule is CSc1ncccc1NC(=O)c1c(C)ccn(Cc2cnc(C)cn2)c1=O. The zero-order chi connectivity index (χ0) is 19.4. The van der Waals surface area contributed by atoms with Gasteiger partial charge < -0.3 is 9.88 Å². The molecule has 1 N–H and O–H groups in total. The van der Waals surface area contributed by atoms with Crippen molar-refractivity contribution in [2.75, 3.05) is 11.6 Å². The summed E-state index contributed by atoms with van der Waals surface area (Å²) in [6.07, 6.45) is 8.47. The van der Waals surface area contributed by atoms with Gasteiger partial charge in [0.15, 0.2) is 0 Å². The van der Waals surface area contributed by atoms with Crippen LogP contribution >= 0.6 is 11.8 Å². The molecular weight excluding hydrogens is 362 g/mol. The van der Waals surface area contributed by atoms with E-state index in [0.29, 0.717) is 22.0 Å². The minimum Gasteiger partial charge on any atom is -0.319 e. The predicted molar refractivity (Wildman–Crippen MR) is 105 cm³/mol. The van der Waals surface area contributed by atoms with Crippen LogP contribution in [0.25, 0.3) is 0 Å². The van der Waals surface area contributed by atoms with E-state index >= 15 is 0 Å². The number of anilines is 1. The lowest BCUT2D eigenvalue weighted by molar-refractivity contribution is 0.102. The Kier molecular flexibility index (Phi) is 5.66. The summed E-state index contributed by atoms with van der Waals surface area (Å²) >= 11 is 1.42. The Hall–Kier alpha value is -3.00. The Bertz CT molecular complexity index is 1030. The fourth-order valence-electron chi connectivity index (χ4n) is 2.57. The largest absolute Gasteiger partial charge is 0.319 e. The van der Waals surface area contributed by atoms with E-state index in [2.05, 4.69) is 20.3 Å². The van der Waals surface area contributed by atoms with Crippen molar-refractivity contribution in [2.24, 2.45) is 0 Å². The van der Waals surface area contributed by atoms with Gasteiger partial charge in [-0.2, -0.15) is 0 Å². The lowest BCUT2D eigenvalue weighted by Crippen LogP contribution is -2.30. The standard InChI is InChI=1S/C19H19N5O2S/c1-12-6-8-24(11-14-10-21-13(2)9-22-14)19(26)16(12)17(25)23-15-5-4-7-20-18(15)27-3/h4-10H,11H2,1-3H3,(H,23,25).